The molecule has 1 fully saturated rings. The molecule has 86 valence electrons. The molecule has 2 atom stereocenters. The number of carbonyl (C=O) groups is 2. The third-order valence-corrected chi connectivity index (χ3v) is 2.61. The van der Waals surface area contributed by atoms with Crippen molar-refractivity contribution in [2.24, 2.45) is 0 Å². The maximum atomic E-state index is 12.1. The van der Waals surface area contributed by atoms with Gasteiger partial charge in [-0.15, -0.1) is 0 Å². The Kier molecular flexibility index (Phi) is 4.05. The third kappa shape index (κ3) is 2.46. The molecule has 1 heterocycles. The summed E-state index contributed by atoms with van der Waals surface area (Å²) in [5, 5.41) is 2.61. The van der Waals surface area contributed by atoms with Gasteiger partial charge in [0.05, 0.1) is 6.67 Å². The third-order valence-electron chi connectivity index (χ3n) is 2.61. The number of alkyl halides is 1. The van der Waals surface area contributed by atoms with E-state index in [0.717, 1.165) is 0 Å². The topological polar surface area (TPSA) is 49.4 Å². The SMILES string of the molecule is CCC1C(=O)NC(C)C(=O)N1CCCF. The standard InChI is InChI=1S/C10H17FN2O2/c1-3-8-9(14)12-7(2)10(15)13(8)6-4-5-11/h7-8H,3-6H2,1-2H3,(H,12,14). The fourth-order valence-electron chi connectivity index (χ4n) is 1.82. The minimum atomic E-state index is -0.486. The summed E-state index contributed by atoms with van der Waals surface area (Å²) in [4.78, 5) is 24.8. The normalized spacial score (nSPS) is 26.7. The minimum absolute atomic E-state index is 0.116. The molecule has 0 saturated carbocycles. The molecule has 1 rings (SSSR count). The van der Waals surface area contributed by atoms with Crippen molar-refractivity contribution in [3.63, 3.8) is 0 Å². The number of hydrogen-bond donors (Lipinski definition) is 1. The molecule has 0 radical (unpaired) electrons. The Labute approximate surface area is 88.8 Å². The summed E-state index contributed by atoms with van der Waals surface area (Å²) in [6.45, 7) is 3.35. The highest BCUT2D eigenvalue weighted by Crippen LogP contribution is 2.13. The first-order chi connectivity index (χ1) is 7.11. The first-order valence-electron chi connectivity index (χ1n) is 5.28. The maximum Gasteiger partial charge on any atom is 0.245 e. The number of halogens is 1. The molecule has 5 heteroatoms. The van der Waals surface area contributed by atoms with Crippen molar-refractivity contribution in [2.45, 2.75) is 38.8 Å². The Morgan fingerprint density at radius 1 is 1.47 bits per heavy atom. The molecule has 0 aromatic heterocycles. The number of nitrogens with zero attached hydrogens (tertiary/aromatic N) is 1. The van der Waals surface area contributed by atoms with Crippen LogP contribution in [0.4, 0.5) is 4.39 Å². The molecule has 15 heavy (non-hydrogen) atoms. The zero-order chi connectivity index (χ0) is 11.4. The van der Waals surface area contributed by atoms with Gasteiger partial charge in [0.2, 0.25) is 11.8 Å². The van der Waals surface area contributed by atoms with Gasteiger partial charge in [0.25, 0.3) is 0 Å². The highest BCUT2D eigenvalue weighted by molar-refractivity contribution is 5.96. The fraction of sp³-hybridized carbons (Fsp3) is 0.800. The van der Waals surface area contributed by atoms with Crippen molar-refractivity contribution < 1.29 is 14.0 Å². The lowest BCUT2D eigenvalue weighted by atomic mass is 10.1. The molecule has 0 aromatic rings. The summed E-state index contributed by atoms with van der Waals surface area (Å²) < 4.78 is 12.1. The van der Waals surface area contributed by atoms with Crippen LogP contribution in [0.3, 0.4) is 0 Å². The first-order valence-corrected chi connectivity index (χ1v) is 5.28. The smallest absolute Gasteiger partial charge is 0.245 e. The molecule has 0 spiro atoms. The van der Waals surface area contributed by atoms with Crippen LogP contribution >= 0.6 is 0 Å². The average Bonchev–Trinajstić information content (AvgIpc) is 2.21. The van der Waals surface area contributed by atoms with E-state index >= 15 is 0 Å². The zero-order valence-corrected chi connectivity index (χ0v) is 9.12. The van der Waals surface area contributed by atoms with Crippen molar-refractivity contribution >= 4 is 11.8 Å². The molecule has 1 aliphatic heterocycles. The van der Waals surface area contributed by atoms with E-state index in [0.29, 0.717) is 19.4 Å². The molecule has 1 aliphatic rings. The van der Waals surface area contributed by atoms with E-state index in [2.05, 4.69) is 5.32 Å². The van der Waals surface area contributed by atoms with Gasteiger partial charge >= 0.3 is 0 Å². The van der Waals surface area contributed by atoms with Crippen LogP contribution in [0.1, 0.15) is 26.7 Å². The summed E-state index contributed by atoms with van der Waals surface area (Å²) in [5.74, 6) is -0.252. The lowest BCUT2D eigenvalue weighted by Gasteiger charge is -2.37. The lowest BCUT2D eigenvalue weighted by molar-refractivity contribution is -0.149. The zero-order valence-electron chi connectivity index (χ0n) is 9.12. The number of rotatable bonds is 4. The number of nitrogens with one attached hydrogen (secondary N) is 1. The van der Waals surface area contributed by atoms with Crippen molar-refractivity contribution in [1.29, 1.82) is 0 Å². The summed E-state index contributed by atoms with van der Waals surface area (Å²) in [7, 11) is 0. The van der Waals surface area contributed by atoms with E-state index in [1.807, 2.05) is 6.92 Å². The van der Waals surface area contributed by atoms with Gasteiger partial charge in [-0.3, -0.25) is 14.0 Å². The van der Waals surface area contributed by atoms with E-state index in [1.54, 1.807) is 6.92 Å². The molecule has 2 amide bonds. The molecular weight excluding hydrogens is 199 g/mol. The highest BCUT2D eigenvalue weighted by Gasteiger charge is 2.36. The predicted octanol–water partition coefficient (Wildman–Crippen LogP) is 0.471. The first kappa shape index (κ1) is 11.9. The van der Waals surface area contributed by atoms with E-state index in [-0.39, 0.29) is 11.8 Å². The van der Waals surface area contributed by atoms with Crippen LogP contribution in [0.5, 0.6) is 0 Å². The Bertz CT molecular complexity index is 258. The van der Waals surface area contributed by atoms with Crippen LogP contribution in [0.2, 0.25) is 0 Å². The van der Waals surface area contributed by atoms with Crippen LogP contribution in [0.15, 0.2) is 0 Å². The summed E-state index contributed by atoms with van der Waals surface area (Å²) in [6, 6.07) is -0.917. The maximum absolute atomic E-state index is 12.1. The molecule has 0 bridgehead atoms. The quantitative estimate of drug-likeness (QED) is 0.742. The van der Waals surface area contributed by atoms with Gasteiger partial charge in [0.15, 0.2) is 0 Å². The number of amides is 2. The molecule has 2 unspecified atom stereocenters. The molecule has 0 aliphatic carbocycles. The van der Waals surface area contributed by atoms with E-state index < -0.39 is 18.8 Å². The van der Waals surface area contributed by atoms with Crippen LogP contribution in [0, 0.1) is 0 Å². The van der Waals surface area contributed by atoms with Crippen LogP contribution < -0.4 is 5.32 Å². The second kappa shape index (κ2) is 5.09. The largest absolute Gasteiger partial charge is 0.343 e. The number of carbonyl (C=O) groups excluding carboxylic acids is 2. The van der Waals surface area contributed by atoms with Crippen LogP contribution in [-0.4, -0.2) is 42.0 Å². The van der Waals surface area contributed by atoms with Crippen molar-refractivity contribution in [1.82, 2.24) is 10.2 Å². The van der Waals surface area contributed by atoms with Crippen molar-refractivity contribution in [2.75, 3.05) is 13.2 Å². The monoisotopic (exact) mass is 216 g/mol. The van der Waals surface area contributed by atoms with Crippen LogP contribution in [-0.2, 0) is 9.59 Å². The van der Waals surface area contributed by atoms with E-state index in [4.69, 9.17) is 0 Å². The van der Waals surface area contributed by atoms with Crippen LogP contribution in [0.25, 0.3) is 0 Å². The van der Waals surface area contributed by atoms with E-state index in [9.17, 15) is 14.0 Å². The summed E-state index contributed by atoms with van der Waals surface area (Å²) >= 11 is 0. The van der Waals surface area contributed by atoms with Gasteiger partial charge in [-0.05, 0) is 19.8 Å². The van der Waals surface area contributed by atoms with Gasteiger partial charge in [-0.25, -0.2) is 0 Å². The molecule has 0 aromatic carbocycles. The van der Waals surface area contributed by atoms with Gasteiger partial charge in [0.1, 0.15) is 12.1 Å². The lowest BCUT2D eigenvalue weighted by Crippen LogP contribution is -2.62. The highest BCUT2D eigenvalue weighted by atomic mass is 19.1. The summed E-state index contributed by atoms with van der Waals surface area (Å²) in [5.41, 5.74) is 0. The van der Waals surface area contributed by atoms with Gasteiger partial charge in [-0.1, -0.05) is 6.92 Å². The van der Waals surface area contributed by atoms with E-state index in [1.165, 1.54) is 4.90 Å². The molecule has 1 N–H and O–H groups in total. The Hall–Kier alpha value is -1.13. The minimum Gasteiger partial charge on any atom is -0.343 e. The molecule has 4 nitrogen and oxygen atoms in total. The molecular formula is C10H17FN2O2. The average molecular weight is 216 g/mol. The number of hydrogen-bond acceptors (Lipinski definition) is 2. The number of piperazine rings is 1. The predicted molar refractivity (Wildman–Crippen MR) is 54.0 cm³/mol. The molecule has 1 saturated heterocycles. The van der Waals surface area contributed by atoms with Gasteiger partial charge in [-0.2, -0.15) is 0 Å². The Morgan fingerprint density at radius 2 is 2.13 bits per heavy atom. The van der Waals surface area contributed by atoms with Gasteiger partial charge < -0.3 is 10.2 Å². The summed E-state index contributed by atoms with van der Waals surface area (Å²) in [6.07, 6.45) is 0.860. The second-order valence-electron chi connectivity index (χ2n) is 3.73. The second-order valence-corrected chi connectivity index (χ2v) is 3.73. The van der Waals surface area contributed by atoms with Crippen molar-refractivity contribution in [3.8, 4) is 0 Å². The van der Waals surface area contributed by atoms with Crippen molar-refractivity contribution in [3.05, 3.63) is 0 Å². The Morgan fingerprint density at radius 3 is 2.67 bits per heavy atom. The fourth-order valence-corrected chi connectivity index (χ4v) is 1.82. The van der Waals surface area contributed by atoms with Gasteiger partial charge in [0, 0.05) is 6.54 Å². The Balaban J connectivity index is 2.74.